The summed E-state index contributed by atoms with van der Waals surface area (Å²) in [6, 6.07) is 19.8. The summed E-state index contributed by atoms with van der Waals surface area (Å²) in [6.45, 7) is 0.672. The normalized spacial score (nSPS) is 10.8. The van der Waals surface area contributed by atoms with Gasteiger partial charge in [0.2, 0.25) is 0 Å². The van der Waals surface area contributed by atoms with Gasteiger partial charge in [-0.15, -0.1) is 0 Å². The van der Waals surface area contributed by atoms with Gasteiger partial charge in [0.25, 0.3) is 5.91 Å². The molecule has 2 heterocycles. The minimum atomic E-state index is -0.332. The number of hydrogen-bond donors (Lipinski definition) is 2. The molecule has 4 aromatic rings. The van der Waals surface area contributed by atoms with Crippen LogP contribution in [0.15, 0.2) is 72.9 Å². The first-order valence-corrected chi connectivity index (χ1v) is 8.94. The van der Waals surface area contributed by atoms with Crippen LogP contribution in [-0.2, 0) is 6.54 Å². The number of carbonyl (C=O) groups is 1. The number of benzene rings is 2. The zero-order chi connectivity index (χ0) is 19.5. The predicted octanol–water partition coefficient (Wildman–Crippen LogP) is 4.11. The molecule has 2 aromatic heterocycles. The van der Waals surface area contributed by atoms with Gasteiger partial charge in [-0.2, -0.15) is 5.10 Å². The Hall–Kier alpha value is -3.67. The van der Waals surface area contributed by atoms with E-state index in [-0.39, 0.29) is 11.7 Å². The van der Waals surface area contributed by atoms with E-state index < -0.39 is 0 Å². The minimum absolute atomic E-state index is 0.241. The van der Waals surface area contributed by atoms with Crippen LogP contribution in [0.1, 0.15) is 15.9 Å². The molecular formula is C22H19FN4O. The van der Waals surface area contributed by atoms with E-state index in [1.165, 1.54) is 12.1 Å². The topological polar surface area (TPSA) is 58.4 Å². The van der Waals surface area contributed by atoms with Crippen molar-refractivity contribution in [1.82, 2.24) is 14.9 Å². The molecule has 0 spiro atoms. The van der Waals surface area contributed by atoms with E-state index in [0.29, 0.717) is 28.9 Å². The van der Waals surface area contributed by atoms with E-state index in [9.17, 15) is 9.18 Å². The Kier molecular flexibility index (Phi) is 4.76. The van der Waals surface area contributed by atoms with Gasteiger partial charge in [0, 0.05) is 31.0 Å². The molecule has 0 atom stereocenters. The van der Waals surface area contributed by atoms with Crippen molar-refractivity contribution in [2.75, 3.05) is 12.4 Å². The zero-order valence-electron chi connectivity index (χ0n) is 15.3. The summed E-state index contributed by atoms with van der Waals surface area (Å²) in [5.41, 5.74) is 4.37. The fraction of sp³-hybridized carbons (Fsp3) is 0.0909. The monoisotopic (exact) mass is 374 g/mol. The molecule has 2 aromatic carbocycles. The number of hydrogen-bond acceptors (Lipinski definition) is 3. The van der Waals surface area contributed by atoms with Crippen molar-refractivity contribution >= 4 is 17.1 Å². The number of aromatic nitrogens is 2. The molecule has 6 heteroatoms. The van der Waals surface area contributed by atoms with Crippen molar-refractivity contribution < 1.29 is 9.18 Å². The first-order chi connectivity index (χ1) is 13.7. The second-order valence-corrected chi connectivity index (χ2v) is 6.39. The molecule has 0 saturated carbocycles. The molecule has 1 amide bonds. The lowest BCUT2D eigenvalue weighted by Gasteiger charge is -2.07. The summed E-state index contributed by atoms with van der Waals surface area (Å²) in [7, 11) is 1.58. The molecule has 0 aliphatic carbocycles. The van der Waals surface area contributed by atoms with E-state index >= 15 is 0 Å². The SMILES string of the molecule is CNC(=O)c1c(-c2ccc(F)cc2)nn2ccc(NCc3ccccc3)cc12. The maximum Gasteiger partial charge on any atom is 0.255 e. The van der Waals surface area contributed by atoms with Crippen LogP contribution in [0, 0.1) is 5.82 Å². The molecule has 4 rings (SSSR count). The van der Waals surface area contributed by atoms with Crippen molar-refractivity contribution in [3.05, 3.63) is 89.9 Å². The Labute approximate surface area is 161 Å². The number of nitrogens with one attached hydrogen (secondary N) is 2. The molecule has 0 saturated heterocycles. The molecule has 28 heavy (non-hydrogen) atoms. The molecule has 140 valence electrons. The number of amides is 1. The summed E-state index contributed by atoms with van der Waals surface area (Å²) in [5.74, 6) is -0.573. The molecule has 0 aliphatic heterocycles. The van der Waals surface area contributed by atoms with E-state index in [2.05, 4.69) is 15.7 Å². The maximum absolute atomic E-state index is 13.3. The Morgan fingerprint density at radius 3 is 2.54 bits per heavy atom. The van der Waals surface area contributed by atoms with Crippen molar-refractivity contribution in [3.63, 3.8) is 0 Å². The van der Waals surface area contributed by atoms with Crippen molar-refractivity contribution in [2.24, 2.45) is 0 Å². The largest absolute Gasteiger partial charge is 0.381 e. The fourth-order valence-electron chi connectivity index (χ4n) is 3.11. The van der Waals surface area contributed by atoms with Crippen LogP contribution in [0.4, 0.5) is 10.1 Å². The summed E-state index contributed by atoms with van der Waals surface area (Å²) in [6.07, 6.45) is 1.81. The smallest absolute Gasteiger partial charge is 0.255 e. The van der Waals surface area contributed by atoms with Gasteiger partial charge in [-0.05, 0) is 42.0 Å². The molecule has 0 radical (unpaired) electrons. The number of halogens is 1. The molecule has 0 fully saturated rings. The average molecular weight is 374 g/mol. The van der Waals surface area contributed by atoms with Crippen molar-refractivity contribution in [3.8, 4) is 11.3 Å². The Morgan fingerprint density at radius 2 is 1.82 bits per heavy atom. The van der Waals surface area contributed by atoms with Gasteiger partial charge < -0.3 is 10.6 Å². The number of anilines is 1. The van der Waals surface area contributed by atoms with Gasteiger partial charge in [0.15, 0.2) is 0 Å². The van der Waals surface area contributed by atoms with Crippen LogP contribution in [0.2, 0.25) is 0 Å². The number of rotatable bonds is 5. The van der Waals surface area contributed by atoms with Gasteiger partial charge in [-0.3, -0.25) is 4.79 Å². The second-order valence-electron chi connectivity index (χ2n) is 6.39. The van der Waals surface area contributed by atoms with Gasteiger partial charge in [0.05, 0.1) is 11.1 Å². The first-order valence-electron chi connectivity index (χ1n) is 8.94. The third kappa shape index (κ3) is 3.44. The lowest BCUT2D eigenvalue weighted by Crippen LogP contribution is -2.18. The van der Waals surface area contributed by atoms with Gasteiger partial charge in [0.1, 0.15) is 11.5 Å². The van der Waals surface area contributed by atoms with Crippen LogP contribution in [-0.4, -0.2) is 22.6 Å². The van der Waals surface area contributed by atoms with Crippen LogP contribution in [0.5, 0.6) is 0 Å². The highest BCUT2D eigenvalue weighted by molar-refractivity contribution is 6.06. The standard InChI is InChI=1S/C22H19FN4O/c1-24-22(28)20-19-13-18(25-14-15-5-3-2-4-6-15)11-12-27(19)26-21(20)16-7-9-17(23)10-8-16/h2-13,25H,14H2,1H3,(H,24,28). The van der Waals surface area contributed by atoms with Crippen LogP contribution in [0.25, 0.3) is 16.8 Å². The number of fused-ring (bicyclic) bond motifs is 1. The Balaban J connectivity index is 1.74. The van der Waals surface area contributed by atoms with Gasteiger partial charge >= 0.3 is 0 Å². The van der Waals surface area contributed by atoms with Crippen molar-refractivity contribution in [1.29, 1.82) is 0 Å². The fourth-order valence-corrected chi connectivity index (χ4v) is 3.11. The Morgan fingerprint density at radius 1 is 1.07 bits per heavy atom. The quantitative estimate of drug-likeness (QED) is 0.553. The van der Waals surface area contributed by atoms with E-state index in [1.807, 2.05) is 48.7 Å². The summed E-state index contributed by atoms with van der Waals surface area (Å²) >= 11 is 0. The third-order valence-corrected chi connectivity index (χ3v) is 4.55. The first kappa shape index (κ1) is 17.7. The third-order valence-electron chi connectivity index (χ3n) is 4.55. The molecule has 0 bridgehead atoms. The van der Waals surface area contributed by atoms with Crippen LogP contribution in [0.3, 0.4) is 0 Å². The highest BCUT2D eigenvalue weighted by Gasteiger charge is 2.20. The number of nitrogens with zero attached hydrogens (tertiary/aromatic N) is 2. The summed E-state index contributed by atoms with van der Waals surface area (Å²) in [4.78, 5) is 12.6. The summed E-state index contributed by atoms with van der Waals surface area (Å²) in [5, 5.41) is 10.6. The molecule has 0 unspecified atom stereocenters. The van der Waals surface area contributed by atoms with E-state index in [4.69, 9.17) is 0 Å². The van der Waals surface area contributed by atoms with E-state index in [0.717, 1.165) is 11.3 Å². The highest BCUT2D eigenvalue weighted by atomic mass is 19.1. The van der Waals surface area contributed by atoms with Crippen LogP contribution >= 0.6 is 0 Å². The number of carbonyl (C=O) groups excluding carboxylic acids is 1. The zero-order valence-corrected chi connectivity index (χ0v) is 15.3. The minimum Gasteiger partial charge on any atom is -0.381 e. The second kappa shape index (κ2) is 7.52. The van der Waals surface area contributed by atoms with Crippen LogP contribution < -0.4 is 10.6 Å². The van der Waals surface area contributed by atoms with Crippen molar-refractivity contribution in [2.45, 2.75) is 6.54 Å². The highest BCUT2D eigenvalue weighted by Crippen LogP contribution is 2.28. The van der Waals surface area contributed by atoms with Gasteiger partial charge in [-0.1, -0.05) is 30.3 Å². The molecular weight excluding hydrogens is 355 g/mol. The molecule has 5 nitrogen and oxygen atoms in total. The molecule has 2 N–H and O–H groups in total. The van der Waals surface area contributed by atoms with Gasteiger partial charge in [-0.25, -0.2) is 8.91 Å². The number of pyridine rings is 1. The summed E-state index contributed by atoms with van der Waals surface area (Å²) < 4.78 is 15.0. The average Bonchev–Trinajstić information content (AvgIpc) is 3.11. The predicted molar refractivity (Wildman–Crippen MR) is 108 cm³/mol. The maximum atomic E-state index is 13.3. The molecule has 0 aliphatic rings. The van der Waals surface area contributed by atoms with E-state index in [1.54, 1.807) is 23.7 Å². The lowest BCUT2D eigenvalue weighted by atomic mass is 10.1. The Bertz CT molecular complexity index is 1120. The lowest BCUT2D eigenvalue weighted by molar-refractivity contribution is 0.0965.